The number of fused-ring (bicyclic) bond motifs is 1. The summed E-state index contributed by atoms with van der Waals surface area (Å²) in [4.78, 5) is 25.6. The van der Waals surface area contributed by atoms with Crippen LogP contribution in [0.3, 0.4) is 0 Å². The SMILES string of the molecule is COC(=O)CN1C(=O)c2ccc(Br)cc2C2CC1C2. The van der Waals surface area contributed by atoms with E-state index in [2.05, 4.69) is 20.7 Å². The highest BCUT2D eigenvalue weighted by Gasteiger charge is 2.43. The van der Waals surface area contributed by atoms with E-state index in [1.54, 1.807) is 4.90 Å². The average Bonchev–Trinajstić information content (AvgIpc) is 2.51. The van der Waals surface area contributed by atoms with Crippen LogP contribution in [0.5, 0.6) is 0 Å². The summed E-state index contributed by atoms with van der Waals surface area (Å²) in [6.07, 6.45) is 1.87. The maximum atomic E-state index is 12.5. The lowest BCUT2D eigenvalue weighted by atomic mass is 9.76. The Morgan fingerprint density at radius 3 is 2.89 bits per heavy atom. The minimum Gasteiger partial charge on any atom is -0.468 e. The monoisotopic (exact) mass is 323 g/mol. The van der Waals surface area contributed by atoms with Crippen LogP contribution < -0.4 is 0 Å². The molecule has 0 saturated heterocycles. The second-order valence-corrected chi connectivity index (χ2v) is 5.98. The summed E-state index contributed by atoms with van der Waals surface area (Å²) >= 11 is 3.45. The molecule has 2 heterocycles. The van der Waals surface area contributed by atoms with Gasteiger partial charge in [0.25, 0.3) is 5.91 Å². The van der Waals surface area contributed by atoms with Crippen LogP contribution >= 0.6 is 15.9 Å². The number of hydrogen-bond acceptors (Lipinski definition) is 3. The first-order valence-electron chi connectivity index (χ1n) is 6.27. The summed E-state index contributed by atoms with van der Waals surface area (Å²) in [5, 5.41) is 0. The quantitative estimate of drug-likeness (QED) is 0.785. The summed E-state index contributed by atoms with van der Waals surface area (Å²) in [6, 6.07) is 5.90. The summed E-state index contributed by atoms with van der Waals surface area (Å²) in [7, 11) is 1.35. The third-order valence-corrected chi connectivity index (χ3v) is 4.52. The second-order valence-electron chi connectivity index (χ2n) is 5.06. The number of ether oxygens (including phenoxy) is 1. The topological polar surface area (TPSA) is 46.6 Å². The van der Waals surface area contributed by atoms with Gasteiger partial charge in [-0.25, -0.2) is 0 Å². The van der Waals surface area contributed by atoms with E-state index in [9.17, 15) is 9.59 Å². The molecule has 0 aromatic heterocycles. The summed E-state index contributed by atoms with van der Waals surface area (Å²) < 4.78 is 5.66. The number of amides is 1. The van der Waals surface area contributed by atoms with Crippen molar-refractivity contribution in [3.8, 4) is 0 Å². The number of halogens is 1. The number of hydrogen-bond donors (Lipinski definition) is 0. The van der Waals surface area contributed by atoms with E-state index in [0.717, 1.165) is 28.4 Å². The molecule has 1 aromatic carbocycles. The van der Waals surface area contributed by atoms with Crippen LogP contribution in [0.2, 0.25) is 0 Å². The largest absolute Gasteiger partial charge is 0.468 e. The van der Waals surface area contributed by atoms with Gasteiger partial charge in [0.1, 0.15) is 6.54 Å². The lowest BCUT2D eigenvalue weighted by molar-refractivity contribution is -0.142. The predicted molar refractivity (Wildman–Crippen MR) is 73.0 cm³/mol. The van der Waals surface area contributed by atoms with Crippen molar-refractivity contribution in [3.05, 3.63) is 33.8 Å². The van der Waals surface area contributed by atoms with Crippen LogP contribution in [0.1, 0.15) is 34.7 Å². The number of esters is 1. The Morgan fingerprint density at radius 1 is 1.47 bits per heavy atom. The zero-order chi connectivity index (χ0) is 13.6. The van der Waals surface area contributed by atoms with Gasteiger partial charge in [0.2, 0.25) is 0 Å². The first kappa shape index (κ1) is 12.7. The van der Waals surface area contributed by atoms with E-state index in [1.807, 2.05) is 18.2 Å². The third kappa shape index (κ3) is 2.06. The maximum absolute atomic E-state index is 12.5. The zero-order valence-electron chi connectivity index (χ0n) is 10.6. The van der Waals surface area contributed by atoms with E-state index < -0.39 is 0 Å². The van der Waals surface area contributed by atoms with Gasteiger partial charge in [0.15, 0.2) is 0 Å². The lowest BCUT2D eigenvalue weighted by Gasteiger charge is -2.39. The fraction of sp³-hybridized carbons (Fsp3) is 0.429. The Bertz CT molecular complexity index is 552. The molecule has 3 aliphatic rings. The Kier molecular flexibility index (Phi) is 3.09. The molecule has 1 aliphatic carbocycles. The molecule has 2 bridgehead atoms. The predicted octanol–water partition coefficient (Wildman–Crippen LogP) is 2.32. The highest BCUT2D eigenvalue weighted by Crippen LogP contribution is 2.45. The van der Waals surface area contributed by atoms with Gasteiger partial charge in [-0.1, -0.05) is 15.9 Å². The van der Waals surface area contributed by atoms with Gasteiger partial charge in [0.05, 0.1) is 7.11 Å². The number of carbonyl (C=O) groups excluding carboxylic acids is 2. The van der Waals surface area contributed by atoms with E-state index in [0.29, 0.717) is 5.92 Å². The van der Waals surface area contributed by atoms with Crippen molar-refractivity contribution in [2.45, 2.75) is 24.8 Å². The van der Waals surface area contributed by atoms with Gasteiger partial charge in [-0.05, 0) is 42.5 Å². The number of carbonyl (C=O) groups is 2. The van der Waals surface area contributed by atoms with Crippen LogP contribution in [0, 0.1) is 0 Å². The van der Waals surface area contributed by atoms with Crippen LogP contribution in [-0.2, 0) is 9.53 Å². The molecule has 2 aliphatic heterocycles. The van der Waals surface area contributed by atoms with Gasteiger partial charge in [-0.3, -0.25) is 9.59 Å². The van der Waals surface area contributed by atoms with E-state index in [4.69, 9.17) is 0 Å². The standard InChI is InChI=1S/C14H14BrNO3/c1-19-13(17)7-16-10-4-8(5-10)12-6-9(15)2-3-11(12)14(16)18/h2-3,6,8,10H,4-5,7H2,1H3. The average molecular weight is 324 g/mol. The van der Waals surface area contributed by atoms with Crippen molar-refractivity contribution >= 4 is 27.8 Å². The lowest BCUT2D eigenvalue weighted by Crippen LogP contribution is -2.46. The van der Waals surface area contributed by atoms with Crippen molar-refractivity contribution in [3.63, 3.8) is 0 Å². The molecule has 19 heavy (non-hydrogen) atoms. The summed E-state index contributed by atoms with van der Waals surface area (Å²) in [5.74, 6) is 0.0133. The van der Waals surface area contributed by atoms with Crippen molar-refractivity contribution in [2.75, 3.05) is 13.7 Å². The Hall–Kier alpha value is -1.36. The zero-order valence-corrected chi connectivity index (χ0v) is 12.1. The highest BCUT2D eigenvalue weighted by molar-refractivity contribution is 9.10. The molecule has 100 valence electrons. The first-order chi connectivity index (χ1) is 9.10. The Morgan fingerprint density at radius 2 is 2.21 bits per heavy atom. The summed E-state index contributed by atoms with van der Waals surface area (Å²) in [6.45, 7) is 0.0439. The molecule has 1 saturated carbocycles. The third-order valence-electron chi connectivity index (χ3n) is 4.03. The minimum absolute atomic E-state index is 0.0439. The molecule has 1 aromatic rings. The molecule has 0 spiro atoms. The van der Waals surface area contributed by atoms with Gasteiger partial charge in [-0.2, -0.15) is 0 Å². The van der Waals surface area contributed by atoms with E-state index in [-0.39, 0.29) is 24.5 Å². The molecule has 4 rings (SSSR count). The van der Waals surface area contributed by atoms with Gasteiger partial charge in [-0.15, -0.1) is 0 Å². The van der Waals surface area contributed by atoms with E-state index in [1.165, 1.54) is 7.11 Å². The van der Waals surface area contributed by atoms with Crippen molar-refractivity contribution in [1.82, 2.24) is 4.90 Å². The molecule has 0 atom stereocenters. The molecule has 1 fully saturated rings. The van der Waals surface area contributed by atoms with Crippen LogP contribution in [0.15, 0.2) is 22.7 Å². The van der Waals surface area contributed by atoms with Crippen molar-refractivity contribution in [2.24, 2.45) is 0 Å². The van der Waals surface area contributed by atoms with Crippen molar-refractivity contribution < 1.29 is 14.3 Å². The fourth-order valence-electron chi connectivity index (χ4n) is 2.89. The van der Waals surface area contributed by atoms with E-state index >= 15 is 0 Å². The molecule has 0 unspecified atom stereocenters. The molecular formula is C14H14BrNO3. The molecule has 1 amide bonds. The Balaban J connectivity index is 1.97. The minimum atomic E-state index is -0.364. The van der Waals surface area contributed by atoms with Crippen molar-refractivity contribution in [1.29, 1.82) is 0 Å². The number of rotatable bonds is 2. The first-order valence-corrected chi connectivity index (χ1v) is 7.06. The van der Waals surface area contributed by atoms with Crippen LogP contribution in [-0.4, -0.2) is 36.5 Å². The van der Waals surface area contributed by atoms with Crippen LogP contribution in [0.25, 0.3) is 0 Å². The van der Waals surface area contributed by atoms with Gasteiger partial charge >= 0.3 is 5.97 Å². The normalized spacial score (nSPS) is 24.3. The number of benzene rings is 1. The Labute approximate surface area is 119 Å². The molecular weight excluding hydrogens is 310 g/mol. The highest BCUT2D eigenvalue weighted by atomic mass is 79.9. The second kappa shape index (κ2) is 4.63. The number of methoxy groups -OCH3 is 1. The maximum Gasteiger partial charge on any atom is 0.325 e. The van der Waals surface area contributed by atoms with Crippen LogP contribution in [0.4, 0.5) is 0 Å². The number of nitrogens with zero attached hydrogens (tertiary/aromatic N) is 1. The van der Waals surface area contributed by atoms with Gasteiger partial charge in [0, 0.05) is 16.1 Å². The van der Waals surface area contributed by atoms with Gasteiger partial charge < -0.3 is 9.64 Å². The molecule has 0 N–H and O–H groups in total. The molecule has 4 nitrogen and oxygen atoms in total. The molecule has 0 radical (unpaired) electrons. The summed E-state index contributed by atoms with van der Waals surface area (Å²) in [5.41, 5.74) is 1.82. The fourth-order valence-corrected chi connectivity index (χ4v) is 3.27. The smallest absolute Gasteiger partial charge is 0.325 e. The molecule has 5 heteroatoms.